The van der Waals surface area contributed by atoms with E-state index in [1.54, 1.807) is 36.4 Å². The first-order chi connectivity index (χ1) is 11.6. The second kappa shape index (κ2) is 7.64. The Labute approximate surface area is 157 Å². The van der Waals surface area contributed by atoms with E-state index in [1.165, 1.54) is 13.0 Å². The molecule has 0 unspecified atom stereocenters. The summed E-state index contributed by atoms with van der Waals surface area (Å²) >= 11 is 12.0. The molecule has 0 aromatic heterocycles. The number of nitrogens with one attached hydrogen (secondary N) is 1. The molecule has 0 saturated carbocycles. The summed E-state index contributed by atoms with van der Waals surface area (Å²) in [6.45, 7) is 3.36. The van der Waals surface area contributed by atoms with Crippen LogP contribution in [0.5, 0.6) is 0 Å². The molecule has 2 aromatic rings. The molecule has 0 heterocycles. The van der Waals surface area contributed by atoms with Crippen molar-refractivity contribution in [1.29, 1.82) is 0 Å². The quantitative estimate of drug-likeness (QED) is 0.821. The van der Waals surface area contributed by atoms with Crippen molar-refractivity contribution in [3.63, 3.8) is 0 Å². The van der Waals surface area contributed by atoms with E-state index in [0.29, 0.717) is 21.4 Å². The van der Waals surface area contributed by atoms with E-state index < -0.39 is 22.0 Å². The van der Waals surface area contributed by atoms with Gasteiger partial charge in [-0.3, -0.25) is 9.10 Å². The normalized spacial score (nSPS) is 12.5. The fourth-order valence-electron chi connectivity index (χ4n) is 2.34. The van der Waals surface area contributed by atoms with Crippen LogP contribution in [0.2, 0.25) is 10.0 Å². The van der Waals surface area contributed by atoms with Crippen LogP contribution >= 0.6 is 23.2 Å². The largest absolute Gasteiger partial charge is 0.324 e. The monoisotopic (exact) mass is 400 g/mol. The van der Waals surface area contributed by atoms with Gasteiger partial charge in [-0.2, -0.15) is 0 Å². The molecule has 8 heteroatoms. The van der Waals surface area contributed by atoms with Gasteiger partial charge >= 0.3 is 0 Å². The van der Waals surface area contributed by atoms with Crippen molar-refractivity contribution in [2.45, 2.75) is 19.9 Å². The molecule has 0 spiro atoms. The SMILES string of the molecule is Cc1ccc(NC(=O)[C@H](C)N(c2cccc(Cl)c2)S(C)(=O)=O)cc1Cl. The zero-order valence-corrected chi connectivity index (χ0v) is 16.3. The Kier molecular flexibility index (Phi) is 5.98. The number of amides is 1. The zero-order valence-electron chi connectivity index (χ0n) is 14.0. The molecule has 0 aliphatic carbocycles. The predicted octanol–water partition coefficient (Wildman–Crippen LogP) is 4.10. The van der Waals surface area contributed by atoms with Crippen molar-refractivity contribution in [2.24, 2.45) is 0 Å². The minimum Gasteiger partial charge on any atom is -0.324 e. The molecule has 1 atom stereocenters. The number of sulfonamides is 1. The molecule has 0 aliphatic rings. The van der Waals surface area contributed by atoms with Crippen LogP contribution in [-0.4, -0.2) is 26.6 Å². The van der Waals surface area contributed by atoms with Crippen LogP contribution < -0.4 is 9.62 Å². The summed E-state index contributed by atoms with van der Waals surface area (Å²) in [7, 11) is -3.70. The third kappa shape index (κ3) is 4.87. The summed E-state index contributed by atoms with van der Waals surface area (Å²) in [4.78, 5) is 12.6. The van der Waals surface area contributed by atoms with Gasteiger partial charge in [-0.25, -0.2) is 8.42 Å². The van der Waals surface area contributed by atoms with Gasteiger partial charge in [0.15, 0.2) is 0 Å². The highest BCUT2D eigenvalue weighted by Gasteiger charge is 2.29. The maximum Gasteiger partial charge on any atom is 0.247 e. The lowest BCUT2D eigenvalue weighted by Crippen LogP contribution is -2.45. The highest BCUT2D eigenvalue weighted by molar-refractivity contribution is 7.92. The van der Waals surface area contributed by atoms with E-state index >= 15 is 0 Å². The topological polar surface area (TPSA) is 66.5 Å². The van der Waals surface area contributed by atoms with Crippen molar-refractivity contribution < 1.29 is 13.2 Å². The van der Waals surface area contributed by atoms with Gasteiger partial charge in [0.05, 0.1) is 11.9 Å². The summed E-state index contributed by atoms with van der Waals surface area (Å²) in [5.41, 5.74) is 1.69. The van der Waals surface area contributed by atoms with Gasteiger partial charge in [0.2, 0.25) is 15.9 Å². The minimum absolute atomic E-state index is 0.319. The zero-order chi connectivity index (χ0) is 18.8. The van der Waals surface area contributed by atoms with E-state index in [4.69, 9.17) is 23.2 Å². The molecule has 1 N–H and O–H groups in total. The van der Waals surface area contributed by atoms with Crippen molar-refractivity contribution in [2.75, 3.05) is 15.9 Å². The Bertz CT molecular complexity index is 901. The number of hydrogen-bond donors (Lipinski definition) is 1. The summed E-state index contributed by atoms with van der Waals surface area (Å²) in [5, 5.41) is 3.58. The summed E-state index contributed by atoms with van der Waals surface area (Å²) in [6, 6.07) is 10.4. The molecular weight excluding hydrogens is 383 g/mol. The van der Waals surface area contributed by atoms with E-state index in [1.807, 2.05) is 6.92 Å². The maximum absolute atomic E-state index is 12.6. The Morgan fingerprint density at radius 2 is 1.84 bits per heavy atom. The Morgan fingerprint density at radius 1 is 1.16 bits per heavy atom. The molecule has 0 saturated heterocycles. The molecule has 25 heavy (non-hydrogen) atoms. The highest BCUT2D eigenvalue weighted by Crippen LogP contribution is 2.25. The minimum atomic E-state index is -3.70. The molecule has 2 aromatic carbocycles. The molecular formula is C17H18Cl2N2O3S. The Balaban J connectivity index is 2.31. The van der Waals surface area contributed by atoms with Crippen LogP contribution in [0.3, 0.4) is 0 Å². The van der Waals surface area contributed by atoms with E-state index in [9.17, 15) is 13.2 Å². The van der Waals surface area contributed by atoms with Crippen molar-refractivity contribution >= 4 is 50.5 Å². The first-order valence-corrected chi connectivity index (χ1v) is 10.0. The second-order valence-electron chi connectivity index (χ2n) is 5.67. The average Bonchev–Trinajstić information content (AvgIpc) is 2.49. The Morgan fingerprint density at radius 3 is 2.40 bits per heavy atom. The van der Waals surface area contributed by atoms with Crippen molar-refractivity contribution in [3.8, 4) is 0 Å². The smallest absolute Gasteiger partial charge is 0.247 e. The highest BCUT2D eigenvalue weighted by atomic mass is 35.5. The van der Waals surface area contributed by atoms with E-state index in [2.05, 4.69) is 5.32 Å². The molecule has 0 aliphatic heterocycles. The lowest BCUT2D eigenvalue weighted by atomic mass is 10.2. The van der Waals surface area contributed by atoms with Gasteiger partial charge < -0.3 is 5.32 Å². The number of hydrogen-bond acceptors (Lipinski definition) is 3. The van der Waals surface area contributed by atoms with Crippen LogP contribution in [0.25, 0.3) is 0 Å². The van der Waals surface area contributed by atoms with Crippen molar-refractivity contribution in [3.05, 3.63) is 58.1 Å². The van der Waals surface area contributed by atoms with Gasteiger partial charge in [0, 0.05) is 15.7 Å². The molecule has 0 bridgehead atoms. The Hall–Kier alpha value is -1.76. The summed E-state index contributed by atoms with van der Waals surface area (Å²) < 4.78 is 25.5. The molecule has 134 valence electrons. The van der Waals surface area contributed by atoms with E-state index in [-0.39, 0.29) is 0 Å². The molecule has 1 amide bonds. The number of aryl methyl sites for hydroxylation is 1. The van der Waals surface area contributed by atoms with Gasteiger partial charge in [-0.05, 0) is 49.7 Å². The van der Waals surface area contributed by atoms with Crippen LogP contribution in [-0.2, 0) is 14.8 Å². The summed E-state index contributed by atoms with van der Waals surface area (Å²) in [6.07, 6.45) is 1.04. The standard InChI is InChI=1S/C17H18Cl2N2O3S/c1-11-7-8-14(10-16(11)19)20-17(22)12(2)21(25(3,23)24)15-6-4-5-13(18)9-15/h4-10,12H,1-3H3,(H,20,22)/t12-/m0/s1. The fourth-order valence-corrected chi connectivity index (χ4v) is 3.87. The molecule has 0 fully saturated rings. The van der Waals surface area contributed by atoms with E-state index in [0.717, 1.165) is 16.1 Å². The third-order valence-corrected chi connectivity index (χ3v) is 5.47. The van der Waals surface area contributed by atoms with Gasteiger partial charge in [0.1, 0.15) is 6.04 Å². The average molecular weight is 401 g/mol. The lowest BCUT2D eigenvalue weighted by Gasteiger charge is -2.28. The van der Waals surface area contributed by atoms with Gasteiger partial charge in [-0.1, -0.05) is 35.3 Å². The number of benzene rings is 2. The van der Waals surface area contributed by atoms with Crippen LogP contribution in [0.1, 0.15) is 12.5 Å². The lowest BCUT2D eigenvalue weighted by molar-refractivity contribution is -0.116. The molecule has 0 radical (unpaired) electrons. The van der Waals surface area contributed by atoms with Gasteiger partial charge in [0.25, 0.3) is 0 Å². The maximum atomic E-state index is 12.6. The van der Waals surface area contributed by atoms with Crippen LogP contribution in [0.4, 0.5) is 11.4 Å². The summed E-state index contributed by atoms with van der Waals surface area (Å²) in [5.74, 6) is -0.481. The predicted molar refractivity (Wildman–Crippen MR) is 103 cm³/mol. The number of halogens is 2. The second-order valence-corrected chi connectivity index (χ2v) is 8.37. The molecule has 2 rings (SSSR count). The number of carbonyl (C=O) groups excluding carboxylic acids is 1. The van der Waals surface area contributed by atoms with Crippen LogP contribution in [0.15, 0.2) is 42.5 Å². The van der Waals surface area contributed by atoms with Crippen molar-refractivity contribution in [1.82, 2.24) is 0 Å². The number of rotatable bonds is 5. The van der Waals surface area contributed by atoms with Crippen LogP contribution in [0, 0.1) is 6.92 Å². The fraction of sp³-hybridized carbons (Fsp3) is 0.235. The molecule has 5 nitrogen and oxygen atoms in total. The third-order valence-electron chi connectivity index (χ3n) is 3.59. The number of nitrogens with zero attached hydrogens (tertiary/aromatic N) is 1. The first kappa shape index (κ1) is 19.6. The first-order valence-electron chi connectivity index (χ1n) is 7.41. The number of anilines is 2. The number of carbonyl (C=O) groups is 1. The van der Waals surface area contributed by atoms with Gasteiger partial charge in [-0.15, -0.1) is 0 Å².